The number of amides is 1. The van der Waals surface area contributed by atoms with Crippen molar-refractivity contribution in [1.29, 1.82) is 0 Å². The van der Waals surface area contributed by atoms with E-state index in [1.54, 1.807) is 0 Å². The van der Waals surface area contributed by atoms with Crippen molar-refractivity contribution in [3.05, 3.63) is 59.7 Å². The summed E-state index contributed by atoms with van der Waals surface area (Å²) in [5.41, 5.74) is 10.7. The number of nitrogen functional groups attached to an aromatic ring is 1. The Balaban J connectivity index is 1.58. The average molecular weight is 435 g/mol. The Morgan fingerprint density at radius 3 is 2.39 bits per heavy atom. The van der Waals surface area contributed by atoms with Crippen molar-refractivity contribution in [1.82, 2.24) is 19.9 Å². The molecule has 0 saturated carbocycles. The SMILES string of the molecule is CSc1nn(CC(=O)Nc2ccc(C)cc2)c(N)c1-c1nc(-c2ccc(C)cc2)no1. The molecule has 0 unspecified atom stereocenters. The normalized spacial score (nSPS) is 10.9. The summed E-state index contributed by atoms with van der Waals surface area (Å²) < 4.78 is 6.92. The molecule has 9 heteroatoms. The van der Waals surface area contributed by atoms with Gasteiger partial charge in [-0.3, -0.25) is 4.79 Å². The van der Waals surface area contributed by atoms with Crippen LogP contribution in [0.25, 0.3) is 22.8 Å². The molecule has 4 aromatic rings. The zero-order valence-corrected chi connectivity index (χ0v) is 18.2. The highest BCUT2D eigenvalue weighted by atomic mass is 32.2. The summed E-state index contributed by atoms with van der Waals surface area (Å²) >= 11 is 1.39. The standard InChI is InChI=1S/C22H22N6O2S/c1-13-4-8-15(9-5-13)20-25-21(30-27-20)18-19(23)28(26-22(18)31-3)12-17(29)24-16-10-6-14(2)7-11-16/h4-11H,12,23H2,1-3H3,(H,24,29). The van der Waals surface area contributed by atoms with Crippen LogP contribution in [0, 0.1) is 13.8 Å². The Labute approximate surface area is 183 Å². The van der Waals surface area contributed by atoms with Crippen molar-refractivity contribution in [3.63, 3.8) is 0 Å². The van der Waals surface area contributed by atoms with Gasteiger partial charge in [-0.2, -0.15) is 10.1 Å². The van der Waals surface area contributed by atoms with Gasteiger partial charge in [-0.25, -0.2) is 4.68 Å². The quantitative estimate of drug-likeness (QED) is 0.438. The molecule has 4 rings (SSSR count). The van der Waals surface area contributed by atoms with Crippen molar-refractivity contribution in [3.8, 4) is 22.8 Å². The van der Waals surface area contributed by atoms with Gasteiger partial charge in [-0.1, -0.05) is 52.7 Å². The molecule has 2 aromatic heterocycles. The minimum Gasteiger partial charge on any atom is -0.383 e. The van der Waals surface area contributed by atoms with Crippen LogP contribution in [0.3, 0.4) is 0 Å². The van der Waals surface area contributed by atoms with Gasteiger partial charge in [0, 0.05) is 11.3 Å². The Bertz CT molecular complexity index is 1210. The number of nitrogens with one attached hydrogen (secondary N) is 1. The first-order valence-electron chi connectivity index (χ1n) is 9.62. The number of carbonyl (C=O) groups is 1. The first-order valence-corrected chi connectivity index (χ1v) is 10.8. The van der Waals surface area contributed by atoms with E-state index in [9.17, 15) is 4.79 Å². The Morgan fingerprint density at radius 2 is 1.74 bits per heavy atom. The molecule has 0 fully saturated rings. The molecule has 1 amide bonds. The van der Waals surface area contributed by atoms with Gasteiger partial charge in [-0.15, -0.1) is 11.8 Å². The molecule has 0 aliphatic carbocycles. The number of benzene rings is 2. The number of rotatable bonds is 6. The van der Waals surface area contributed by atoms with Crippen molar-refractivity contribution in [2.24, 2.45) is 0 Å². The molecular weight excluding hydrogens is 412 g/mol. The lowest BCUT2D eigenvalue weighted by Crippen LogP contribution is -2.20. The lowest BCUT2D eigenvalue weighted by Gasteiger charge is -2.07. The number of aromatic nitrogens is 4. The third kappa shape index (κ3) is 4.46. The number of hydrogen-bond donors (Lipinski definition) is 2. The van der Waals surface area contributed by atoms with Crippen LogP contribution in [0.2, 0.25) is 0 Å². The fourth-order valence-electron chi connectivity index (χ4n) is 3.03. The summed E-state index contributed by atoms with van der Waals surface area (Å²) in [6.07, 6.45) is 1.87. The number of nitrogens with two attached hydrogens (primary N) is 1. The molecule has 8 nitrogen and oxygen atoms in total. The average Bonchev–Trinajstić information content (AvgIpc) is 3.35. The summed E-state index contributed by atoms with van der Waals surface area (Å²) in [7, 11) is 0. The van der Waals surface area contributed by atoms with Crippen LogP contribution in [0.15, 0.2) is 58.1 Å². The number of anilines is 2. The Kier molecular flexibility index (Phi) is 5.77. The van der Waals surface area contributed by atoms with E-state index >= 15 is 0 Å². The summed E-state index contributed by atoms with van der Waals surface area (Å²) in [5.74, 6) is 0.791. The van der Waals surface area contributed by atoms with E-state index in [1.807, 2.05) is 68.6 Å². The van der Waals surface area contributed by atoms with E-state index in [0.29, 0.717) is 27.9 Å². The molecule has 0 bridgehead atoms. The first kappa shape index (κ1) is 20.7. The molecule has 0 atom stereocenters. The van der Waals surface area contributed by atoms with Crippen LogP contribution in [0.4, 0.5) is 11.5 Å². The summed E-state index contributed by atoms with van der Waals surface area (Å²) in [6.45, 7) is 3.97. The van der Waals surface area contributed by atoms with Crippen LogP contribution in [0.5, 0.6) is 0 Å². The van der Waals surface area contributed by atoms with Gasteiger partial charge in [0.1, 0.15) is 23.0 Å². The molecule has 0 aliphatic rings. The highest BCUT2D eigenvalue weighted by Gasteiger charge is 2.23. The maximum atomic E-state index is 12.5. The van der Waals surface area contributed by atoms with Crippen LogP contribution in [0.1, 0.15) is 11.1 Å². The molecule has 3 N–H and O–H groups in total. The highest BCUT2D eigenvalue weighted by Crippen LogP contribution is 2.34. The van der Waals surface area contributed by atoms with E-state index in [2.05, 4.69) is 20.6 Å². The maximum Gasteiger partial charge on any atom is 0.264 e. The predicted molar refractivity (Wildman–Crippen MR) is 122 cm³/mol. The second kappa shape index (κ2) is 8.65. The molecule has 2 heterocycles. The predicted octanol–water partition coefficient (Wildman–Crippen LogP) is 4.16. The number of aryl methyl sites for hydroxylation is 2. The molecule has 31 heavy (non-hydrogen) atoms. The zero-order chi connectivity index (χ0) is 22.0. The van der Waals surface area contributed by atoms with E-state index in [0.717, 1.165) is 16.7 Å². The van der Waals surface area contributed by atoms with Gasteiger partial charge in [0.25, 0.3) is 5.89 Å². The Hall–Kier alpha value is -3.59. The molecule has 0 radical (unpaired) electrons. The second-order valence-corrected chi connectivity index (χ2v) is 7.93. The van der Waals surface area contributed by atoms with Crippen molar-refractivity contribution < 1.29 is 9.32 Å². The first-order chi connectivity index (χ1) is 14.9. The van der Waals surface area contributed by atoms with Gasteiger partial charge in [0.2, 0.25) is 11.7 Å². The minimum atomic E-state index is -0.233. The van der Waals surface area contributed by atoms with Crippen molar-refractivity contribution in [2.45, 2.75) is 25.4 Å². The molecule has 0 saturated heterocycles. The van der Waals surface area contributed by atoms with Gasteiger partial charge in [-0.05, 0) is 32.2 Å². The third-order valence-corrected chi connectivity index (χ3v) is 5.40. The van der Waals surface area contributed by atoms with E-state index in [4.69, 9.17) is 10.3 Å². The molecule has 0 aliphatic heterocycles. The minimum absolute atomic E-state index is 0.0355. The topological polar surface area (TPSA) is 112 Å². The van der Waals surface area contributed by atoms with Crippen LogP contribution < -0.4 is 11.1 Å². The lowest BCUT2D eigenvalue weighted by molar-refractivity contribution is -0.116. The van der Waals surface area contributed by atoms with Crippen molar-refractivity contribution in [2.75, 3.05) is 17.3 Å². The van der Waals surface area contributed by atoms with Gasteiger partial charge in [0.05, 0.1) is 0 Å². The lowest BCUT2D eigenvalue weighted by atomic mass is 10.1. The smallest absolute Gasteiger partial charge is 0.264 e. The van der Waals surface area contributed by atoms with E-state index in [1.165, 1.54) is 16.4 Å². The summed E-state index contributed by atoms with van der Waals surface area (Å²) in [5, 5.41) is 12.0. The maximum absolute atomic E-state index is 12.5. The van der Waals surface area contributed by atoms with Crippen LogP contribution in [-0.4, -0.2) is 32.1 Å². The monoisotopic (exact) mass is 434 g/mol. The van der Waals surface area contributed by atoms with E-state index < -0.39 is 0 Å². The molecule has 2 aromatic carbocycles. The van der Waals surface area contributed by atoms with Crippen LogP contribution >= 0.6 is 11.8 Å². The largest absolute Gasteiger partial charge is 0.383 e. The number of nitrogens with zero attached hydrogens (tertiary/aromatic N) is 4. The summed E-state index contributed by atoms with van der Waals surface area (Å²) in [4.78, 5) is 17.0. The van der Waals surface area contributed by atoms with Crippen molar-refractivity contribution >= 4 is 29.2 Å². The fourth-order valence-corrected chi connectivity index (χ4v) is 3.61. The second-order valence-electron chi connectivity index (χ2n) is 7.13. The Morgan fingerprint density at radius 1 is 1.10 bits per heavy atom. The number of hydrogen-bond acceptors (Lipinski definition) is 7. The van der Waals surface area contributed by atoms with Crippen LogP contribution in [-0.2, 0) is 11.3 Å². The van der Waals surface area contributed by atoms with Gasteiger partial charge >= 0.3 is 0 Å². The number of thioether (sulfide) groups is 1. The molecule has 0 spiro atoms. The van der Waals surface area contributed by atoms with Gasteiger partial charge in [0.15, 0.2) is 0 Å². The zero-order valence-electron chi connectivity index (χ0n) is 17.4. The number of carbonyl (C=O) groups excluding carboxylic acids is 1. The van der Waals surface area contributed by atoms with Gasteiger partial charge < -0.3 is 15.6 Å². The third-order valence-electron chi connectivity index (χ3n) is 4.73. The molecular formula is C22H22N6O2S. The van der Waals surface area contributed by atoms with E-state index in [-0.39, 0.29) is 18.3 Å². The fraction of sp³-hybridized carbons (Fsp3) is 0.182. The summed E-state index contributed by atoms with van der Waals surface area (Å²) in [6, 6.07) is 15.4. The molecule has 158 valence electrons. The highest BCUT2D eigenvalue weighted by molar-refractivity contribution is 7.98.